The zero-order valence-electron chi connectivity index (χ0n) is 7.48. The van der Waals surface area contributed by atoms with Gasteiger partial charge in [0.1, 0.15) is 6.10 Å². The number of rotatable bonds is 4. The fourth-order valence-electron chi connectivity index (χ4n) is 1.45. The van der Waals surface area contributed by atoms with Gasteiger partial charge in [0.05, 0.1) is 0 Å². The van der Waals surface area contributed by atoms with Crippen molar-refractivity contribution < 1.29 is 9.90 Å². The molecule has 2 unspecified atom stereocenters. The predicted octanol–water partition coefficient (Wildman–Crippen LogP) is -0.228. The van der Waals surface area contributed by atoms with E-state index in [9.17, 15) is 4.79 Å². The first kappa shape index (κ1) is 12.7. The van der Waals surface area contributed by atoms with Gasteiger partial charge >= 0.3 is 0 Å². The van der Waals surface area contributed by atoms with Gasteiger partial charge in [0.2, 0.25) is 5.91 Å². The molecule has 5 heteroatoms. The van der Waals surface area contributed by atoms with E-state index >= 15 is 0 Å². The summed E-state index contributed by atoms with van der Waals surface area (Å²) in [5.41, 5.74) is 10.5. The molecule has 0 spiro atoms. The highest BCUT2D eigenvalue weighted by atomic mass is 35.5. The molecule has 0 aliphatic heterocycles. The van der Waals surface area contributed by atoms with Crippen molar-refractivity contribution in [2.45, 2.75) is 37.8 Å². The van der Waals surface area contributed by atoms with Gasteiger partial charge in [0, 0.05) is 6.04 Å². The third-order valence-corrected chi connectivity index (χ3v) is 2.53. The molecule has 5 N–H and O–H groups in total. The monoisotopic (exact) mass is 208 g/mol. The third-order valence-electron chi connectivity index (χ3n) is 2.53. The average molecular weight is 209 g/mol. The molecule has 1 rings (SSSR count). The van der Waals surface area contributed by atoms with Crippen LogP contribution in [0.4, 0.5) is 0 Å². The van der Waals surface area contributed by atoms with Crippen molar-refractivity contribution in [2.75, 3.05) is 0 Å². The minimum atomic E-state index is -1.18. The summed E-state index contributed by atoms with van der Waals surface area (Å²) in [5.74, 6) is -0.129. The van der Waals surface area contributed by atoms with Crippen molar-refractivity contribution in [3.05, 3.63) is 0 Å². The maximum Gasteiger partial charge on any atom is 0.247 e. The number of carbonyl (C=O) groups excluding carboxylic acids is 1. The van der Waals surface area contributed by atoms with Crippen molar-refractivity contribution in [2.24, 2.45) is 17.4 Å². The SMILES string of the molecule is Cl.NC(=O)C(O)C(N)CC1CCC1. The summed E-state index contributed by atoms with van der Waals surface area (Å²) in [4.78, 5) is 10.5. The lowest BCUT2D eigenvalue weighted by Gasteiger charge is -2.29. The molecule has 0 aromatic rings. The predicted molar refractivity (Wildman–Crippen MR) is 52.4 cm³/mol. The number of amides is 1. The first-order valence-electron chi connectivity index (χ1n) is 4.34. The van der Waals surface area contributed by atoms with Crippen molar-refractivity contribution in [3.63, 3.8) is 0 Å². The van der Waals surface area contributed by atoms with E-state index in [2.05, 4.69) is 0 Å². The fourth-order valence-corrected chi connectivity index (χ4v) is 1.45. The van der Waals surface area contributed by atoms with E-state index in [1.807, 2.05) is 0 Å². The molecule has 0 heterocycles. The maximum atomic E-state index is 10.5. The van der Waals surface area contributed by atoms with E-state index in [1.165, 1.54) is 19.3 Å². The molecule has 0 aromatic heterocycles. The smallest absolute Gasteiger partial charge is 0.247 e. The maximum absolute atomic E-state index is 10.5. The molecule has 1 saturated carbocycles. The van der Waals surface area contributed by atoms with E-state index in [-0.39, 0.29) is 12.4 Å². The van der Waals surface area contributed by atoms with Crippen LogP contribution in [0.1, 0.15) is 25.7 Å². The minimum Gasteiger partial charge on any atom is -0.382 e. The van der Waals surface area contributed by atoms with Gasteiger partial charge in [-0.1, -0.05) is 19.3 Å². The lowest BCUT2D eigenvalue weighted by Crippen LogP contribution is -2.45. The zero-order valence-corrected chi connectivity index (χ0v) is 8.30. The van der Waals surface area contributed by atoms with Crippen LogP contribution in [0.25, 0.3) is 0 Å². The van der Waals surface area contributed by atoms with Gasteiger partial charge < -0.3 is 16.6 Å². The van der Waals surface area contributed by atoms with Gasteiger partial charge in [-0.2, -0.15) is 0 Å². The molecular weight excluding hydrogens is 192 g/mol. The molecule has 0 radical (unpaired) electrons. The van der Waals surface area contributed by atoms with Gasteiger partial charge in [0.15, 0.2) is 0 Å². The van der Waals surface area contributed by atoms with Gasteiger partial charge in [-0.05, 0) is 12.3 Å². The van der Waals surface area contributed by atoms with Crippen LogP contribution >= 0.6 is 12.4 Å². The summed E-state index contributed by atoms with van der Waals surface area (Å²) in [6.45, 7) is 0. The number of hydrogen-bond acceptors (Lipinski definition) is 3. The van der Waals surface area contributed by atoms with Gasteiger partial charge in [-0.15, -0.1) is 12.4 Å². The molecule has 1 fully saturated rings. The first-order valence-corrected chi connectivity index (χ1v) is 4.34. The van der Waals surface area contributed by atoms with Crippen LogP contribution in [0.5, 0.6) is 0 Å². The molecule has 0 aromatic carbocycles. The molecule has 0 saturated heterocycles. The van der Waals surface area contributed by atoms with Crippen LogP contribution in [0, 0.1) is 5.92 Å². The lowest BCUT2D eigenvalue weighted by molar-refractivity contribution is -0.127. The quantitative estimate of drug-likeness (QED) is 0.596. The average Bonchev–Trinajstić information content (AvgIpc) is 1.94. The molecule has 1 aliphatic carbocycles. The Morgan fingerprint density at radius 2 is 2.08 bits per heavy atom. The number of hydrogen-bond donors (Lipinski definition) is 3. The Morgan fingerprint density at radius 3 is 2.38 bits per heavy atom. The number of aliphatic hydroxyl groups excluding tert-OH is 1. The zero-order chi connectivity index (χ0) is 9.14. The summed E-state index contributed by atoms with van der Waals surface area (Å²) in [5, 5.41) is 9.16. The summed E-state index contributed by atoms with van der Waals surface area (Å²) in [7, 11) is 0. The Kier molecular flexibility index (Phi) is 5.29. The van der Waals surface area contributed by atoms with Crippen LogP contribution in [-0.4, -0.2) is 23.2 Å². The van der Waals surface area contributed by atoms with Crippen molar-refractivity contribution in [1.29, 1.82) is 0 Å². The van der Waals surface area contributed by atoms with Crippen LogP contribution in [0.15, 0.2) is 0 Å². The molecule has 1 amide bonds. The van der Waals surface area contributed by atoms with E-state index in [0.29, 0.717) is 12.3 Å². The van der Waals surface area contributed by atoms with Crippen LogP contribution in [-0.2, 0) is 4.79 Å². The largest absolute Gasteiger partial charge is 0.382 e. The highest BCUT2D eigenvalue weighted by Crippen LogP contribution is 2.30. The number of carbonyl (C=O) groups is 1. The number of halogens is 1. The molecule has 0 bridgehead atoms. The van der Waals surface area contributed by atoms with Crippen LogP contribution < -0.4 is 11.5 Å². The Morgan fingerprint density at radius 1 is 1.54 bits per heavy atom. The Bertz CT molecular complexity index is 174. The standard InChI is InChI=1S/C8H16N2O2.ClH/c9-6(7(11)8(10)12)4-5-2-1-3-5;/h5-7,11H,1-4,9H2,(H2,10,12);1H. The second kappa shape index (κ2) is 5.42. The molecular formula is C8H17ClN2O2. The number of primary amides is 1. The van der Waals surface area contributed by atoms with Crippen molar-refractivity contribution >= 4 is 18.3 Å². The second-order valence-electron chi connectivity index (χ2n) is 3.54. The van der Waals surface area contributed by atoms with Gasteiger partial charge in [0.25, 0.3) is 0 Å². The molecule has 78 valence electrons. The van der Waals surface area contributed by atoms with E-state index < -0.39 is 18.1 Å². The van der Waals surface area contributed by atoms with Crippen molar-refractivity contribution in [3.8, 4) is 0 Å². The number of nitrogens with two attached hydrogens (primary N) is 2. The fraction of sp³-hybridized carbons (Fsp3) is 0.875. The molecule has 13 heavy (non-hydrogen) atoms. The first-order chi connectivity index (χ1) is 5.61. The highest BCUT2D eigenvalue weighted by molar-refractivity contribution is 5.85. The van der Waals surface area contributed by atoms with Crippen LogP contribution in [0.3, 0.4) is 0 Å². The third kappa shape index (κ3) is 3.50. The van der Waals surface area contributed by atoms with Gasteiger partial charge in [-0.25, -0.2) is 0 Å². The van der Waals surface area contributed by atoms with E-state index in [4.69, 9.17) is 16.6 Å². The Hall–Kier alpha value is -0.320. The summed E-state index contributed by atoms with van der Waals surface area (Å²) < 4.78 is 0. The summed E-state index contributed by atoms with van der Waals surface area (Å²) in [6, 6.07) is -0.479. The molecule has 4 nitrogen and oxygen atoms in total. The van der Waals surface area contributed by atoms with Gasteiger partial charge in [-0.3, -0.25) is 4.79 Å². The highest BCUT2D eigenvalue weighted by Gasteiger charge is 2.26. The van der Waals surface area contributed by atoms with E-state index in [1.54, 1.807) is 0 Å². The Balaban J connectivity index is 0.00000144. The van der Waals surface area contributed by atoms with Crippen molar-refractivity contribution in [1.82, 2.24) is 0 Å². The topological polar surface area (TPSA) is 89.3 Å². The molecule has 2 atom stereocenters. The molecule has 1 aliphatic rings. The second-order valence-corrected chi connectivity index (χ2v) is 3.54. The summed E-state index contributed by atoms with van der Waals surface area (Å²) in [6.07, 6.45) is 3.11. The minimum absolute atomic E-state index is 0. The normalized spacial score (nSPS) is 21.1. The lowest BCUT2D eigenvalue weighted by atomic mass is 9.80. The van der Waals surface area contributed by atoms with E-state index in [0.717, 1.165) is 0 Å². The summed E-state index contributed by atoms with van der Waals surface area (Å²) >= 11 is 0. The van der Waals surface area contributed by atoms with Crippen LogP contribution in [0.2, 0.25) is 0 Å². The number of aliphatic hydroxyl groups is 1. The Labute approximate surface area is 84.1 Å².